The Kier molecular flexibility index (Phi) is 2.86. The first-order chi connectivity index (χ1) is 8.08. The van der Waals surface area contributed by atoms with Crippen LogP contribution in [0, 0.1) is 13.8 Å². The van der Waals surface area contributed by atoms with Gasteiger partial charge in [-0.05, 0) is 42.3 Å². The Morgan fingerprint density at radius 2 is 1.88 bits per heavy atom. The second-order valence-electron chi connectivity index (χ2n) is 3.95. The van der Waals surface area contributed by atoms with Gasteiger partial charge < -0.3 is 4.90 Å². The van der Waals surface area contributed by atoms with Crippen molar-refractivity contribution >= 4 is 11.6 Å². The van der Waals surface area contributed by atoms with Gasteiger partial charge in [-0.15, -0.1) is 10.2 Å². The molecule has 0 unspecified atom stereocenters. The molecule has 2 aromatic rings. The van der Waals surface area contributed by atoms with Crippen LogP contribution in [-0.2, 0) is 0 Å². The van der Waals surface area contributed by atoms with E-state index in [9.17, 15) is 4.79 Å². The molecule has 1 aromatic heterocycles. The molecule has 6 heteroatoms. The Morgan fingerprint density at radius 1 is 1.24 bits per heavy atom. The molecule has 0 fully saturated rings. The first kappa shape index (κ1) is 11.3. The maximum Gasteiger partial charge on any atom is 0.299 e. The second kappa shape index (κ2) is 4.32. The lowest BCUT2D eigenvalue weighted by Crippen LogP contribution is -2.27. The Hall–Kier alpha value is -2.24. The van der Waals surface area contributed by atoms with Crippen molar-refractivity contribution in [3.8, 4) is 0 Å². The molecule has 1 N–H and O–H groups in total. The smallest absolute Gasteiger partial charge is 0.299 e. The zero-order chi connectivity index (χ0) is 12.4. The van der Waals surface area contributed by atoms with Gasteiger partial charge in [0, 0.05) is 12.7 Å². The van der Waals surface area contributed by atoms with E-state index in [0.717, 1.165) is 16.8 Å². The molecule has 88 valence electrons. The van der Waals surface area contributed by atoms with Gasteiger partial charge in [0.2, 0.25) is 0 Å². The molecule has 0 aliphatic carbocycles. The third kappa shape index (κ3) is 2.30. The molecule has 0 aliphatic rings. The first-order valence-corrected chi connectivity index (χ1v) is 5.18. The number of hydrogen-bond donors (Lipinski definition) is 1. The quantitative estimate of drug-likeness (QED) is 0.839. The van der Waals surface area contributed by atoms with Crippen molar-refractivity contribution in [1.29, 1.82) is 0 Å². The number of amides is 1. The van der Waals surface area contributed by atoms with E-state index >= 15 is 0 Å². The number of carbonyl (C=O) groups excluding carboxylic acids is 1. The molecule has 6 nitrogen and oxygen atoms in total. The number of aryl methyl sites for hydroxylation is 2. The highest BCUT2D eigenvalue weighted by molar-refractivity contribution is 6.03. The van der Waals surface area contributed by atoms with Gasteiger partial charge in [0.05, 0.1) is 0 Å². The molecule has 17 heavy (non-hydrogen) atoms. The van der Waals surface area contributed by atoms with Crippen LogP contribution in [0.5, 0.6) is 0 Å². The SMILES string of the molecule is Cc1cc(C)cc(N(C)C(=O)c2nn[nH]n2)c1. The minimum Gasteiger partial charge on any atom is -0.309 e. The van der Waals surface area contributed by atoms with Gasteiger partial charge in [-0.2, -0.15) is 5.21 Å². The Balaban J connectivity index is 2.31. The summed E-state index contributed by atoms with van der Waals surface area (Å²) in [5, 5.41) is 13.0. The lowest BCUT2D eigenvalue weighted by molar-refractivity contribution is 0.0983. The molecule has 2 rings (SSSR count). The molecular formula is C11H13N5O. The van der Waals surface area contributed by atoms with Crippen molar-refractivity contribution < 1.29 is 4.79 Å². The maximum absolute atomic E-state index is 12.0. The summed E-state index contributed by atoms with van der Waals surface area (Å²) in [7, 11) is 1.69. The lowest BCUT2D eigenvalue weighted by Gasteiger charge is -2.16. The van der Waals surface area contributed by atoms with Gasteiger partial charge in [0.1, 0.15) is 0 Å². The Bertz CT molecular complexity index is 515. The summed E-state index contributed by atoms with van der Waals surface area (Å²) >= 11 is 0. The Morgan fingerprint density at radius 3 is 2.41 bits per heavy atom. The van der Waals surface area contributed by atoms with Gasteiger partial charge in [0.15, 0.2) is 0 Å². The van der Waals surface area contributed by atoms with Crippen LogP contribution < -0.4 is 4.90 Å². The number of tetrazole rings is 1. The average Bonchev–Trinajstić information content (AvgIpc) is 2.79. The number of aromatic nitrogens is 4. The molecule has 1 aromatic carbocycles. The molecule has 0 radical (unpaired) electrons. The fraction of sp³-hybridized carbons (Fsp3) is 0.273. The van der Waals surface area contributed by atoms with Gasteiger partial charge in [-0.3, -0.25) is 4.79 Å². The number of anilines is 1. The minimum absolute atomic E-state index is 0.0617. The van der Waals surface area contributed by atoms with E-state index in [0.29, 0.717) is 0 Å². The van der Waals surface area contributed by atoms with Crippen LogP contribution in [0.25, 0.3) is 0 Å². The number of hydrogen-bond acceptors (Lipinski definition) is 4. The molecule has 0 atom stereocenters. The van der Waals surface area contributed by atoms with Gasteiger partial charge in [0.25, 0.3) is 11.7 Å². The summed E-state index contributed by atoms with van der Waals surface area (Å²) in [6, 6.07) is 5.92. The van der Waals surface area contributed by atoms with Crippen LogP contribution in [0.3, 0.4) is 0 Å². The van der Waals surface area contributed by atoms with Crippen LogP contribution in [-0.4, -0.2) is 33.6 Å². The van der Waals surface area contributed by atoms with E-state index in [-0.39, 0.29) is 11.7 Å². The number of nitrogens with one attached hydrogen (secondary N) is 1. The van der Waals surface area contributed by atoms with Crippen molar-refractivity contribution in [2.24, 2.45) is 0 Å². The number of carbonyl (C=O) groups is 1. The molecule has 0 bridgehead atoms. The third-order valence-corrected chi connectivity index (χ3v) is 2.44. The summed E-state index contributed by atoms with van der Waals surface area (Å²) in [5.41, 5.74) is 3.03. The van der Waals surface area contributed by atoms with Crippen molar-refractivity contribution in [3.63, 3.8) is 0 Å². The molecular weight excluding hydrogens is 218 g/mol. The van der Waals surface area contributed by atoms with Crippen molar-refractivity contribution in [2.45, 2.75) is 13.8 Å². The zero-order valence-corrected chi connectivity index (χ0v) is 9.93. The van der Waals surface area contributed by atoms with Crippen LogP contribution >= 0.6 is 0 Å². The van der Waals surface area contributed by atoms with Crippen molar-refractivity contribution in [1.82, 2.24) is 20.6 Å². The minimum atomic E-state index is -0.288. The van der Waals surface area contributed by atoms with Gasteiger partial charge >= 0.3 is 0 Å². The van der Waals surface area contributed by atoms with E-state index in [1.165, 1.54) is 4.90 Å². The molecule has 1 amide bonds. The fourth-order valence-electron chi connectivity index (χ4n) is 1.66. The third-order valence-electron chi connectivity index (χ3n) is 2.44. The molecule has 1 heterocycles. The second-order valence-corrected chi connectivity index (χ2v) is 3.95. The van der Waals surface area contributed by atoms with Crippen LogP contribution in [0.15, 0.2) is 18.2 Å². The highest BCUT2D eigenvalue weighted by Gasteiger charge is 2.17. The zero-order valence-electron chi connectivity index (χ0n) is 9.93. The highest BCUT2D eigenvalue weighted by Crippen LogP contribution is 2.18. The molecule has 0 saturated heterocycles. The summed E-state index contributed by atoms with van der Waals surface area (Å²) in [6.45, 7) is 3.98. The standard InChI is InChI=1S/C11H13N5O/c1-7-4-8(2)6-9(5-7)16(3)11(17)10-12-14-15-13-10/h4-6H,1-3H3,(H,12,13,14,15). The number of H-pyrrole nitrogens is 1. The summed E-state index contributed by atoms with van der Waals surface area (Å²) < 4.78 is 0. The average molecular weight is 231 g/mol. The number of benzene rings is 1. The van der Waals surface area contributed by atoms with Crippen LogP contribution in [0.4, 0.5) is 5.69 Å². The largest absolute Gasteiger partial charge is 0.309 e. The predicted octanol–water partition coefficient (Wildman–Crippen LogP) is 1.09. The maximum atomic E-state index is 12.0. The topological polar surface area (TPSA) is 74.8 Å². The van der Waals surface area contributed by atoms with E-state index in [1.54, 1.807) is 7.05 Å². The van der Waals surface area contributed by atoms with E-state index < -0.39 is 0 Å². The summed E-state index contributed by atoms with van der Waals surface area (Å²) in [5.74, 6) is -0.226. The number of nitrogens with zero attached hydrogens (tertiary/aromatic N) is 4. The van der Waals surface area contributed by atoms with E-state index in [2.05, 4.69) is 26.7 Å². The fourth-order valence-corrected chi connectivity index (χ4v) is 1.66. The predicted molar refractivity (Wildman–Crippen MR) is 62.8 cm³/mol. The molecule has 0 saturated carbocycles. The van der Waals surface area contributed by atoms with E-state index in [1.807, 2.05) is 26.0 Å². The van der Waals surface area contributed by atoms with Crippen LogP contribution in [0.1, 0.15) is 21.7 Å². The van der Waals surface area contributed by atoms with Crippen molar-refractivity contribution in [2.75, 3.05) is 11.9 Å². The summed E-state index contributed by atoms with van der Waals surface area (Å²) in [6.07, 6.45) is 0. The normalized spacial score (nSPS) is 10.3. The van der Waals surface area contributed by atoms with Crippen molar-refractivity contribution in [3.05, 3.63) is 35.2 Å². The lowest BCUT2D eigenvalue weighted by atomic mass is 10.1. The monoisotopic (exact) mass is 231 g/mol. The summed E-state index contributed by atoms with van der Waals surface area (Å²) in [4.78, 5) is 13.5. The number of aromatic amines is 1. The number of rotatable bonds is 2. The molecule has 0 aliphatic heterocycles. The van der Waals surface area contributed by atoms with Gasteiger partial charge in [-0.1, -0.05) is 6.07 Å². The first-order valence-electron chi connectivity index (χ1n) is 5.18. The van der Waals surface area contributed by atoms with E-state index in [4.69, 9.17) is 0 Å². The van der Waals surface area contributed by atoms with Gasteiger partial charge in [-0.25, -0.2) is 0 Å². The highest BCUT2D eigenvalue weighted by atomic mass is 16.2. The Labute approximate surface area is 98.6 Å². The molecule has 0 spiro atoms. The van der Waals surface area contributed by atoms with Crippen LogP contribution in [0.2, 0.25) is 0 Å².